The van der Waals surface area contributed by atoms with Crippen molar-refractivity contribution >= 4 is 0 Å². The fourth-order valence-electron chi connectivity index (χ4n) is 1.55. The molecular formula is C14H8F3NO. The molecule has 0 aromatic heterocycles. The number of hydrogen-bond donors (Lipinski definition) is 0. The minimum absolute atomic E-state index is 0.116. The maximum absolute atomic E-state index is 13.3. The predicted molar refractivity (Wildman–Crippen MR) is 61.8 cm³/mol. The number of nitriles is 1. The summed E-state index contributed by atoms with van der Waals surface area (Å²) in [6.45, 7) is -0.116. The molecule has 0 N–H and O–H groups in total. The Balaban J connectivity index is 2.14. The van der Waals surface area contributed by atoms with Crippen LogP contribution < -0.4 is 4.74 Å². The van der Waals surface area contributed by atoms with Crippen molar-refractivity contribution in [2.45, 2.75) is 6.61 Å². The standard InChI is InChI=1S/C14H8F3NO/c15-11-1-2-14(13(17)6-11)19-8-10-3-9(7-18)4-12(16)5-10/h1-6H,8H2. The van der Waals surface area contributed by atoms with Crippen LogP contribution in [0.15, 0.2) is 36.4 Å². The smallest absolute Gasteiger partial charge is 0.167 e. The van der Waals surface area contributed by atoms with Crippen molar-refractivity contribution in [2.24, 2.45) is 0 Å². The number of nitrogens with zero attached hydrogens (tertiary/aromatic N) is 1. The van der Waals surface area contributed by atoms with Crippen LogP contribution >= 0.6 is 0 Å². The number of hydrogen-bond acceptors (Lipinski definition) is 2. The Morgan fingerprint density at radius 2 is 1.79 bits per heavy atom. The van der Waals surface area contributed by atoms with Gasteiger partial charge in [0.2, 0.25) is 0 Å². The highest BCUT2D eigenvalue weighted by molar-refractivity contribution is 5.34. The van der Waals surface area contributed by atoms with Crippen molar-refractivity contribution in [1.29, 1.82) is 5.26 Å². The second-order valence-corrected chi connectivity index (χ2v) is 3.82. The Morgan fingerprint density at radius 1 is 1.00 bits per heavy atom. The SMILES string of the molecule is N#Cc1cc(F)cc(COc2ccc(F)cc2F)c1. The van der Waals surface area contributed by atoms with Crippen LogP contribution in [0.3, 0.4) is 0 Å². The topological polar surface area (TPSA) is 33.0 Å². The van der Waals surface area contributed by atoms with Crippen molar-refractivity contribution in [1.82, 2.24) is 0 Å². The largest absolute Gasteiger partial charge is 0.486 e. The van der Waals surface area contributed by atoms with Crippen molar-refractivity contribution in [3.05, 3.63) is 65.0 Å². The van der Waals surface area contributed by atoms with E-state index in [2.05, 4.69) is 0 Å². The molecule has 0 atom stereocenters. The van der Waals surface area contributed by atoms with Gasteiger partial charge in [0.25, 0.3) is 0 Å². The number of ether oxygens (including phenoxy) is 1. The molecule has 0 aliphatic heterocycles. The van der Waals surface area contributed by atoms with Crippen LogP contribution in [0.1, 0.15) is 11.1 Å². The number of benzene rings is 2. The van der Waals surface area contributed by atoms with Crippen molar-refractivity contribution < 1.29 is 17.9 Å². The maximum Gasteiger partial charge on any atom is 0.167 e. The van der Waals surface area contributed by atoms with Gasteiger partial charge in [-0.25, -0.2) is 13.2 Å². The van der Waals surface area contributed by atoms with Crippen LogP contribution in [-0.2, 0) is 6.61 Å². The van der Waals surface area contributed by atoms with E-state index in [0.717, 1.165) is 18.2 Å². The Labute approximate surface area is 107 Å². The zero-order valence-electron chi connectivity index (χ0n) is 9.66. The molecule has 0 radical (unpaired) electrons. The molecule has 0 bridgehead atoms. The average Bonchev–Trinajstić information content (AvgIpc) is 2.37. The molecular weight excluding hydrogens is 255 g/mol. The summed E-state index contributed by atoms with van der Waals surface area (Å²) in [4.78, 5) is 0. The molecule has 0 unspecified atom stereocenters. The van der Waals surface area contributed by atoms with Gasteiger partial charge in [0.05, 0.1) is 11.6 Å². The molecule has 0 heterocycles. The lowest BCUT2D eigenvalue weighted by Crippen LogP contribution is -1.99. The Kier molecular flexibility index (Phi) is 3.71. The van der Waals surface area contributed by atoms with Gasteiger partial charge in [-0.15, -0.1) is 0 Å². The van der Waals surface area contributed by atoms with Crippen LogP contribution in [0, 0.1) is 28.8 Å². The van der Waals surface area contributed by atoms with E-state index in [0.29, 0.717) is 11.6 Å². The summed E-state index contributed by atoms with van der Waals surface area (Å²) in [5, 5.41) is 8.69. The van der Waals surface area contributed by atoms with Crippen LogP contribution in [0.5, 0.6) is 5.75 Å². The molecule has 5 heteroatoms. The number of halogens is 3. The second kappa shape index (κ2) is 5.44. The second-order valence-electron chi connectivity index (χ2n) is 3.82. The van der Waals surface area contributed by atoms with Gasteiger partial charge in [0.1, 0.15) is 18.2 Å². The van der Waals surface area contributed by atoms with E-state index in [1.54, 1.807) is 6.07 Å². The predicted octanol–water partition coefficient (Wildman–Crippen LogP) is 3.55. The lowest BCUT2D eigenvalue weighted by atomic mass is 10.1. The van der Waals surface area contributed by atoms with Crippen LogP contribution in [0.25, 0.3) is 0 Å². The first kappa shape index (κ1) is 13.0. The van der Waals surface area contributed by atoms with Gasteiger partial charge in [-0.05, 0) is 35.9 Å². The average molecular weight is 263 g/mol. The molecule has 2 aromatic rings. The molecule has 96 valence electrons. The van der Waals surface area contributed by atoms with E-state index in [1.807, 2.05) is 0 Å². The molecule has 0 spiro atoms. The van der Waals surface area contributed by atoms with E-state index < -0.39 is 17.5 Å². The van der Waals surface area contributed by atoms with E-state index in [-0.39, 0.29) is 17.9 Å². The van der Waals surface area contributed by atoms with E-state index >= 15 is 0 Å². The third-order valence-electron chi connectivity index (χ3n) is 2.37. The Bertz CT molecular complexity index is 650. The van der Waals surface area contributed by atoms with Gasteiger partial charge < -0.3 is 4.74 Å². The van der Waals surface area contributed by atoms with Crippen molar-refractivity contribution in [2.75, 3.05) is 0 Å². The normalized spacial score (nSPS) is 10.0. The molecule has 2 nitrogen and oxygen atoms in total. The molecule has 2 aromatic carbocycles. The zero-order chi connectivity index (χ0) is 13.8. The van der Waals surface area contributed by atoms with Gasteiger partial charge in [0, 0.05) is 6.07 Å². The van der Waals surface area contributed by atoms with E-state index in [9.17, 15) is 13.2 Å². The van der Waals surface area contributed by atoms with Gasteiger partial charge in [0.15, 0.2) is 11.6 Å². The first-order valence-corrected chi connectivity index (χ1v) is 5.36. The van der Waals surface area contributed by atoms with Gasteiger partial charge in [-0.3, -0.25) is 0 Å². The molecule has 19 heavy (non-hydrogen) atoms. The summed E-state index contributed by atoms with van der Waals surface area (Å²) in [7, 11) is 0. The van der Waals surface area contributed by atoms with Gasteiger partial charge in [-0.2, -0.15) is 5.26 Å². The monoisotopic (exact) mass is 263 g/mol. The van der Waals surface area contributed by atoms with Crippen molar-refractivity contribution in [3.63, 3.8) is 0 Å². The van der Waals surface area contributed by atoms with E-state index in [4.69, 9.17) is 10.00 Å². The lowest BCUT2D eigenvalue weighted by molar-refractivity contribution is 0.289. The summed E-state index contributed by atoms with van der Waals surface area (Å²) >= 11 is 0. The van der Waals surface area contributed by atoms with Crippen molar-refractivity contribution in [3.8, 4) is 11.8 Å². The highest BCUT2D eigenvalue weighted by Crippen LogP contribution is 2.19. The Hall–Kier alpha value is -2.48. The molecule has 0 fully saturated rings. The molecule has 0 amide bonds. The molecule has 0 aliphatic rings. The van der Waals surface area contributed by atoms with Gasteiger partial charge >= 0.3 is 0 Å². The summed E-state index contributed by atoms with van der Waals surface area (Å²) in [5.41, 5.74) is 0.540. The van der Waals surface area contributed by atoms with E-state index in [1.165, 1.54) is 12.1 Å². The lowest BCUT2D eigenvalue weighted by Gasteiger charge is -2.07. The molecule has 2 rings (SSSR count). The van der Waals surface area contributed by atoms with Crippen LogP contribution in [0.4, 0.5) is 13.2 Å². The summed E-state index contributed by atoms with van der Waals surface area (Å²) in [6.07, 6.45) is 0. The number of rotatable bonds is 3. The zero-order valence-corrected chi connectivity index (χ0v) is 9.66. The first-order valence-electron chi connectivity index (χ1n) is 5.36. The summed E-state index contributed by atoms with van der Waals surface area (Å²) in [5.74, 6) is -2.25. The minimum atomic E-state index is -0.836. The fourth-order valence-corrected chi connectivity index (χ4v) is 1.55. The summed E-state index contributed by atoms with van der Waals surface area (Å²) < 4.78 is 44.2. The Morgan fingerprint density at radius 3 is 2.47 bits per heavy atom. The first-order chi connectivity index (χ1) is 9.08. The molecule has 0 saturated carbocycles. The third-order valence-corrected chi connectivity index (χ3v) is 2.37. The highest BCUT2D eigenvalue weighted by atomic mass is 19.1. The highest BCUT2D eigenvalue weighted by Gasteiger charge is 2.06. The quantitative estimate of drug-likeness (QED) is 0.848. The third kappa shape index (κ3) is 3.26. The minimum Gasteiger partial charge on any atom is -0.486 e. The van der Waals surface area contributed by atoms with Crippen LogP contribution in [0.2, 0.25) is 0 Å². The molecule has 0 saturated heterocycles. The maximum atomic E-state index is 13.3. The van der Waals surface area contributed by atoms with Crippen LogP contribution in [-0.4, -0.2) is 0 Å². The molecule has 0 aliphatic carbocycles. The fraction of sp³-hybridized carbons (Fsp3) is 0.0714. The summed E-state index contributed by atoms with van der Waals surface area (Å²) in [6, 6.07) is 8.41. The van der Waals surface area contributed by atoms with Gasteiger partial charge in [-0.1, -0.05) is 0 Å².